The molecule has 1 amide bonds. The molecule has 0 radical (unpaired) electrons. The summed E-state index contributed by atoms with van der Waals surface area (Å²) < 4.78 is 0. The number of hydrogen-bond donors (Lipinski definition) is 2. The molecule has 5 nitrogen and oxygen atoms in total. The van der Waals surface area contributed by atoms with Crippen LogP contribution in [0.15, 0.2) is 23.6 Å². The van der Waals surface area contributed by atoms with Gasteiger partial charge >= 0.3 is 5.97 Å². The third kappa shape index (κ3) is 3.69. The molecule has 1 aromatic heterocycles. The first-order valence-electron chi connectivity index (χ1n) is 5.38. The fourth-order valence-corrected chi connectivity index (χ4v) is 2.41. The summed E-state index contributed by atoms with van der Waals surface area (Å²) in [4.78, 5) is 26.5. The quantitative estimate of drug-likeness (QED) is 0.901. The highest BCUT2D eigenvalue weighted by molar-refractivity contribution is 7.14. The van der Waals surface area contributed by atoms with Crippen LogP contribution < -0.4 is 5.32 Å². The molecule has 2 rings (SSSR count). The van der Waals surface area contributed by atoms with Gasteiger partial charge in [0.25, 0.3) is 5.91 Å². The van der Waals surface area contributed by atoms with Crippen LogP contribution >= 0.6 is 34.5 Å². The lowest BCUT2D eigenvalue weighted by atomic mass is 10.2. The molecule has 0 aliphatic rings. The topological polar surface area (TPSA) is 79.3 Å². The zero-order chi connectivity index (χ0) is 14.7. The number of halogens is 2. The number of rotatable bonds is 4. The summed E-state index contributed by atoms with van der Waals surface area (Å²) in [6.45, 7) is 0. The first-order chi connectivity index (χ1) is 9.45. The predicted molar refractivity (Wildman–Crippen MR) is 77.9 cm³/mol. The van der Waals surface area contributed by atoms with Crippen molar-refractivity contribution in [2.24, 2.45) is 0 Å². The molecule has 0 bridgehead atoms. The van der Waals surface area contributed by atoms with Crippen LogP contribution in [-0.2, 0) is 11.2 Å². The minimum Gasteiger partial charge on any atom is -0.481 e. The van der Waals surface area contributed by atoms with E-state index in [4.69, 9.17) is 28.3 Å². The maximum absolute atomic E-state index is 11.9. The fourth-order valence-electron chi connectivity index (χ4n) is 1.41. The Kier molecular flexibility index (Phi) is 4.59. The van der Waals surface area contributed by atoms with Gasteiger partial charge in [-0.3, -0.25) is 14.9 Å². The highest BCUT2D eigenvalue weighted by atomic mass is 35.5. The standard InChI is InChI=1S/C12H8Cl2N2O3S/c13-8-2-1-6(3-9(8)14)11(19)16-12-15-7(5-20-12)4-10(17)18/h1-3,5H,4H2,(H,17,18)(H,15,16,19). The molecule has 0 aliphatic carbocycles. The Morgan fingerprint density at radius 3 is 2.70 bits per heavy atom. The van der Waals surface area contributed by atoms with Crippen LogP contribution in [-0.4, -0.2) is 22.0 Å². The number of carboxylic acids is 1. The van der Waals surface area contributed by atoms with Crippen molar-refractivity contribution in [2.75, 3.05) is 5.32 Å². The predicted octanol–water partition coefficient (Wildman–Crippen LogP) is 3.33. The van der Waals surface area contributed by atoms with Crippen LogP contribution in [0.1, 0.15) is 16.1 Å². The summed E-state index contributed by atoms with van der Waals surface area (Å²) >= 11 is 12.8. The maximum Gasteiger partial charge on any atom is 0.309 e. The minimum absolute atomic E-state index is 0.181. The Labute approximate surface area is 128 Å². The van der Waals surface area contributed by atoms with Gasteiger partial charge in [-0.25, -0.2) is 4.98 Å². The number of anilines is 1. The summed E-state index contributed by atoms with van der Waals surface area (Å²) in [7, 11) is 0. The van der Waals surface area contributed by atoms with Gasteiger partial charge in [0.2, 0.25) is 0 Å². The monoisotopic (exact) mass is 330 g/mol. The van der Waals surface area contributed by atoms with Gasteiger partial charge in [-0.15, -0.1) is 11.3 Å². The second-order valence-electron chi connectivity index (χ2n) is 3.80. The van der Waals surface area contributed by atoms with Crippen molar-refractivity contribution in [3.63, 3.8) is 0 Å². The number of aromatic nitrogens is 1. The maximum atomic E-state index is 11.9. The van der Waals surface area contributed by atoms with Gasteiger partial charge in [0.05, 0.1) is 22.2 Å². The SMILES string of the molecule is O=C(O)Cc1csc(NC(=O)c2ccc(Cl)c(Cl)c2)n1. The zero-order valence-electron chi connectivity index (χ0n) is 9.89. The molecule has 2 N–H and O–H groups in total. The lowest BCUT2D eigenvalue weighted by Crippen LogP contribution is -2.11. The molecule has 0 atom stereocenters. The van der Waals surface area contributed by atoms with Crippen molar-refractivity contribution in [1.82, 2.24) is 4.98 Å². The first kappa shape index (κ1) is 14.8. The number of amides is 1. The van der Waals surface area contributed by atoms with E-state index in [1.807, 2.05) is 0 Å². The number of carbonyl (C=O) groups is 2. The van der Waals surface area contributed by atoms with E-state index in [1.165, 1.54) is 18.2 Å². The molecule has 0 saturated carbocycles. The first-order valence-corrected chi connectivity index (χ1v) is 7.02. The van der Waals surface area contributed by atoms with Crippen molar-refractivity contribution in [1.29, 1.82) is 0 Å². The number of aliphatic carboxylic acids is 1. The molecule has 0 spiro atoms. The van der Waals surface area contributed by atoms with Crippen LogP contribution in [0.5, 0.6) is 0 Å². The van der Waals surface area contributed by atoms with E-state index in [0.29, 0.717) is 21.4 Å². The average Bonchev–Trinajstić information content (AvgIpc) is 2.79. The second-order valence-corrected chi connectivity index (χ2v) is 5.47. The molecule has 0 saturated heterocycles. The van der Waals surface area contributed by atoms with E-state index in [1.54, 1.807) is 5.38 Å². The molecular formula is C12H8Cl2N2O3S. The zero-order valence-corrected chi connectivity index (χ0v) is 12.2. The van der Waals surface area contributed by atoms with Crippen LogP contribution in [0.2, 0.25) is 10.0 Å². The van der Waals surface area contributed by atoms with E-state index < -0.39 is 5.97 Å². The second kappa shape index (κ2) is 6.21. The summed E-state index contributed by atoms with van der Waals surface area (Å²) in [5.41, 5.74) is 0.737. The number of nitrogens with zero attached hydrogens (tertiary/aromatic N) is 1. The molecule has 104 valence electrons. The number of carboxylic acid groups (broad SMARTS) is 1. The molecule has 0 unspecified atom stereocenters. The third-order valence-electron chi connectivity index (χ3n) is 2.29. The van der Waals surface area contributed by atoms with E-state index in [0.717, 1.165) is 11.3 Å². The molecule has 1 heterocycles. The number of nitrogens with one attached hydrogen (secondary N) is 1. The summed E-state index contributed by atoms with van der Waals surface area (Å²) in [6.07, 6.45) is -0.181. The van der Waals surface area contributed by atoms with Crippen molar-refractivity contribution < 1.29 is 14.7 Å². The normalized spacial score (nSPS) is 10.3. The van der Waals surface area contributed by atoms with Gasteiger partial charge in [-0.1, -0.05) is 23.2 Å². The lowest BCUT2D eigenvalue weighted by Gasteiger charge is -2.03. The molecule has 20 heavy (non-hydrogen) atoms. The van der Waals surface area contributed by atoms with E-state index in [9.17, 15) is 9.59 Å². The van der Waals surface area contributed by atoms with Gasteiger partial charge in [-0.05, 0) is 18.2 Å². The van der Waals surface area contributed by atoms with Gasteiger partial charge < -0.3 is 5.11 Å². The lowest BCUT2D eigenvalue weighted by molar-refractivity contribution is -0.136. The van der Waals surface area contributed by atoms with E-state index in [-0.39, 0.29) is 17.4 Å². The van der Waals surface area contributed by atoms with Crippen LogP contribution in [0.4, 0.5) is 5.13 Å². The summed E-state index contributed by atoms with van der Waals surface area (Å²) in [6, 6.07) is 4.51. The average molecular weight is 331 g/mol. The van der Waals surface area contributed by atoms with Crippen LogP contribution in [0.25, 0.3) is 0 Å². The fraction of sp³-hybridized carbons (Fsp3) is 0.0833. The van der Waals surface area contributed by atoms with Crippen molar-refractivity contribution >= 4 is 51.5 Å². The number of thiazole rings is 1. The highest BCUT2D eigenvalue weighted by Crippen LogP contribution is 2.23. The third-order valence-corrected chi connectivity index (χ3v) is 3.83. The molecule has 2 aromatic rings. The Morgan fingerprint density at radius 2 is 2.05 bits per heavy atom. The minimum atomic E-state index is -0.974. The molecular weight excluding hydrogens is 323 g/mol. The Balaban J connectivity index is 2.09. The van der Waals surface area contributed by atoms with Gasteiger partial charge in [0, 0.05) is 10.9 Å². The number of benzene rings is 1. The highest BCUT2D eigenvalue weighted by Gasteiger charge is 2.11. The largest absolute Gasteiger partial charge is 0.481 e. The smallest absolute Gasteiger partial charge is 0.309 e. The Hall–Kier alpha value is -1.63. The van der Waals surface area contributed by atoms with Gasteiger partial charge in [0.1, 0.15) is 0 Å². The van der Waals surface area contributed by atoms with Crippen LogP contribution in [0.3, 0.4) is 0 Å². The Morgan fingerprint density at radius 1 is 1.30 bits per heavy atom. The van der Waals surface area contributed by atoms with Crippen LogP contribution in [0, 0.1) is 0 Å². The van der Waals surface area contributed by atoms with E-state index in [2.05, 4.69) is 10.3 Å². The summed E-state index contributed by atoms with van der Waals surface area (Å²) in [5.74, 6) is -1.36. The Bertz CT molecular complexity index is 672. The summed E-state index contributed by atoms with van der Waals surface area (Å²) in [5, 5.41) is 13.8. The van der Waals surface area contributed by atoms with Gasteiger partial charge in [0.15, 0.2) is 5.13 Å². The number of hydrogen-bond acceptors (Lipinski definition) is 4. The molecule has 8 heteroatoms. The molecule has 1 aromatic carbocycles. The van der Waals surface area contributed by atoms with Crippen molar-refractivity contribution in [2.45, 2.75) is 6.42 Å². The molecule has 0 fully saturated rings. The van der Waals surface area contributed by atoms with Gasteiger partial charge in [-0.2, -0.15) is 0 Å². The molecule has 0 aliphatic heterocycles. The van der Waals surface area contributed by atoms with Crippen molar-refractivity contribution in [3.05, 3.63) is 44.9 Å². The van der Waals surface area contributed by atoms with E-state index >= 15 is 0 Å². The van der Waals surface area contributed by atoms with Crippen molar-refractivity contribution in [3.8, 4) is 0 Å². The number of carbonyl (C=O) groups excluding carboxylic acids is 1.